The lowest BCUT2D eigenvalue weighted by atomic mass is 9.68. The van der Waals surface area contributed by atoms with Gasteiger partial charge in [-0.05, 0) is 75.0 Å². The van der Waals surface area contributed by atoms with Crippen molar-refractivity contribution >= 4 is 0 Å². The van der Waals surface area contributed by atoms with Gasteiger partial charge in [-0.2, -0.15) is 0 Å². The van der Waals surface area contributed by atoms with Gasteiger partial charge in [0.05, 0.1) is 6.67 Å². The maximum absolute atomic E-state index is 12.1. The first kappa shape index (κ1) is 19.0. The molecule has 0 amide bonds. The molecule has 23 heavy (non-hydrogen) atoms. The quantitative estimate of drug-likeness (QED) is 0.305. The Balaban J connectivity index is 1.60. The van der Waals surface area contributed by atoms with Gasteiger partial charge in [0.1, 0.15) is 0 Å². The zero-order valence-corrected chi connectivity index (χ0v) is 15.4. The van der Waals surface area contributed by atoms with E-state index in [9.17, 15) is 4.39 Å². The third-order valence-electron chi connectivity index (χ3n) is 6.50. The van der Waals surface area contributed by atoms with E-state index in [2.05, 4.69) is 19.1 Å². The average Bonchev–Trinajstić information content (AvgIpc) is 2.60. The molecule has 0 aromatic carbocycles. The molecule has 2 aliphatic carbocycles. The summed E-state index contributed by atoms with van der Waals surface area (Å²) in [6.07, 6.45) is 23.7. The molecule has 0 radical (unpaired) electrons. The minimum Gasteiger partial charge on any atom is -0.251 e. The Kier molecular flexibility index (Phi) is 9.31. The Morgan fingerprint density at radius 2 is 1.48 bits per heavy atom. The molecule has 1 heteroatoms. The van der Waals surface area contributed by atoms with E-state index in [0.717, 1.165) is 30.1 Å². The maximum atomic E-state index is 12.1. The van der Waals surface area contributed by atoms with Crippen LogP contribution in [0.15, 0.2) is 12.2 Å². The molecule has 2 fully saturated rings. The number of halogens is 1. The van der Waals surface area contributed by atoms with E-state index in [1.54, 1.807) is 0 Å². The molecule has 2 rings (SSSR count). The minimum absolute atomic E-state index is 0.168. The van der Waals surface area contributed by atoms with Gasteiger partial charge in [0.2, 0.25) is 0 Å². The maximum Gasteiger partial charge on any atom is 0.0897 e. The Labute approximate surface area is 144 Å². The van der Waals surface area contributed by atoms with Gasteiger partial charge in [-0.3, -0.25) is 4.39 Å². The predicted molar refractivity (Wildman–Crippen MR) is 99.4 cm³/mol. The second-order valence-electron chi connectivity index (χ2n) is 8.21. The Morgan fingerprint density at radius 1 is 0.826 bits per heavy atom. The lowest BCUT2D eigenvalue weighted by Crippen LogP contribution is -2.25. The van der Waals surface area contributed by atoms with Gasteiger partial charge in [-0.1, -0.05) is 57.6 Å². The van der Waals surface area contributed by atoms with Gasteiger partial charge in [0, 0.05) is 0 Å². The van der Waals surface area contributed by atoms with Crippen LogP contribution >= 0.6 is 0 Å². The third-order valence-corrected chi connectivity index (χ3v) is 6.50. The van der Waals surface area contributed by atoms with Crippen LogP contribution < -0.4 is 0 Å². The monoisotopic (exact) mass is 322 g/mol. The summed E-state index contributed by atoms with van der Waals surface area (Å²) in [5, 5.41) is 0. The number of rotatable bonds is 9. The highest BCUT2D eigenvalue weighted by Crippen LogP contribution is 2.42. The van der Waals surface area contributed by atoms with Crippen LogP contribution in [0.25, 0.3) is 0 Å². The normalized spacial score (nSPS) is 32.4. The lowest BCUT2D eigenvalue weighted by Gasteiger charge is -2.37. The molecule has 0 heterocycles. The predicted octanol–water partition coefficient (Wildman–Crippen LogP) is 7.49. The number of hydrogen-bond donors (Lipinski definition) is 0. The SMILES string of the molecule is CCCCCC1CCC(C2CCC(C=CCCCF)CC2)CC1. The number of hydrogen-bond acceptors (Lipinski definition) is 0. The number of allylic oxidation sites excluding steroid dienone is 2. The highest BCUT2D eigenvalue weighted by Gasteiger charge is 2.30. The molecule has 0 bridgehead atoms. The molecule has 0 N–H and O–H groups in total. The lowest BCUT2D eigenvalue weighted by molar-refractivity contribution is 0.151. The summed E-state index contributed by atoms with van der Waals surface area (Å²) in [6, 6.07) is 0. The molecular formula is C22H39F. The smallest absolute Gasteiger partial charge is 0.0897 e. The molecule has 0 aliphatic heterocycles. The number of alkyl halides is 1. The summed E-state index contributed by atoms with van der Waals surface area (Å²) in [5.74, 6) is 3.89. The highest BCUT2D eigenvalue weighted by molar-refractivity contribution is 4.92. The van der Waals surface area contributed by atoms with Crippen LogP contribution in [0.5, 0.6) is 0 Å². The summed E-state index contributed by atoms with van der Waals surface area (Å²) in [5.41, 5.74) is 0. The van der Waals surface area contributed by atoms with Crippen LogP contribution in [0.2, 0.25) is 0 Å². The van der Waals surface area contributed by atoms with Gasteiger partial charge < -0.3 is 0 Å². The summed E-state index contributed by atoms with van der Waals surface area (Å²) >= 11 is 0. The number of unbranched alkanes of at least 4 members (excludes halogenated alkanes) is 3. The van der Waals surface area contributed by atoms with Crippen LogP contribution in [-0.4, -0.2) is 6.67 Å². The van der Waals surface area contributed by atoms with E-state index in [1.165, 1.54) is 77.0 Å². The van der Waals surface area contributed by atoms with Crippen LogP contribution in [0.1, 0.15) is 96.8 Å². The first-order valence-corrected chi connectivity index (χ1v) is 10.6. The fraction of sp³-hybridized carbons (Fsp3) is 0.909. The van der Waals surface area contributed by atoms with Crippen molar-refractivity contribution in [3.8, 4) is 0 Å². The fourth-order valence-corrected chi connectivity index (χ4v) is 4.92. The van der Waals surface area contributed by atoms with E-state index in [4.69, 9.17) is 0 Å². The Bertz CT molecular complexity index is 306. The van der Waals surface area contributed by atoms with Crippen molar-refractivity contribution in [2.75, 3.05) is 6.67 Å². The van der Waals surface area contributed by atoms with Gasteiger partial charge in [0.15, 0.2) is 0 Å². The summed E-state index contributed by atoms with van der Waals surface area (Å²) in [4.78, 5) is 0. The first-order valence-electron chi connectivity index (χ1n) is 10.6. The van der Waals surface area contributed by atoms with E-state index in [-0.39, 0.29) is 6.67 Å². The summed E-state index contributed by atoms with van der Waals surface area (Å²) in [6.45, 7) is 2.14. The second-order valence-corrected chi connectivity index (χ2v) is 8.21. The first-order chi connectivity index (χ1) is 11.3. The Hall–Kier alpha value is -0.330. The van der Waals surface area contributed by atoms with Crippen molar-refractivity contribution in [2.24, 2.45) is 23.7 Å². The second kappa shape index (κ2) is 11.3. The zero-order valence-electron chi connectivity index (χ0n) is 15.4. The van der Waals surface area contributed by atoms with Crippen molar-refractivity contribution in [1.82, 2.24) is 0 Å². The summed E-state index contributed by atoms with van der Waals surface area (Å²) in [7, 11) is 0. The van der Waals surface area contributed by atoms with Crippen molar-refractivity contribution in [1.29, 1.82) is 0 Å². The molecule has 0 nitrogen and oxygen atoms in total. The van der Waals surface area contributed by atoms with Gasteiger partial charge in [0.25, 0.3) is 0 Å². The van der Waals surface area contributed by atoms with E-state index in [0.29, 0.717) is 6.42 Å². The van der Waals surface area contributed by atoms with Gasteiger partial charge in [-0.25, -0.2) is 0 Å². The zero-order chi connectivity index (χ0) is 16.3. The molecule has 0 unspecified atom stereocenters. The third kappa shape index (κ3) is 6.98. The molecule has 0 aromatic rings. The average molecular weight is 323 g/mol. The van der Waals surface area contributed by atoms with Crippen molar-refractivity contribution in [3.63, 3.8) is 0 Å². The van der Waals surface area contributed by atoms with Gasteiger partial charge in [-0.15, -0.1) is 0 Å². The standard InChI is InChI=1S/C22H39F/c1-2-3-5-8-19-10-14-21(15-11-19)22-16-12-20(13-17-22)9-6-4-7-18-23/h6,9,19-22H,2-5,7-8,10-18H2,1H3. The van der Waals surface area contributed by atoms with Crippen LogP contribution in [-0.2, 0) is 0 Å². The van der Waals surface area contributed by atoms with Crippen LogP contribution in [0, 0.1) is 23.7 Å². The molecule has 0 aromatic heterocycles. The molecular weight excluding hydrogens is 283 g/mol. The van der Waals surface area contributed by atoms with Gasteiger partial charge >= 0.3 is 0 Å². The minimum atomic E-state index is -0.168. The van der Waals surface area contributed by atoms with Crippen LogP contribution in [0.4, 0.5) is 4.39 Å². The Morgan fingerprint density at radius 3 is 2.09 bits per heavy atom. The molecule has 2 aliphatic rings. The molecule has 0 spiro atoms. The van der Waals surface area contributed by atoms with E-state index < -0.39 is 0 Å². The molecule has 134 valence electrons. The van der Waals surface area contributed by atoms with Crippen molar-refractivity contribution in [3.05, 3.63) is 12.2 Å². The van der Waals surface area contributed by atoms with Crippen molar-refractivity contribution in [2.45, 2.75) is 96.8 Å². The highest BCUT2D eigenvalue weighted by atomic mass is 19.1. The van der Waals surface area contributed by atoms with Crippen molar-refractivity contribution < 1.29 is 4.39 Å². The van der Waals surface area contributed by atoms with E-state index in [1.807, 2.05) is 0 Å². The molecule has 0 atom stereocenters. The summed E-state index contributed by atoms with van der Waals surface area (Å²) < 4.78 is 12.1. The largest absolute Gasteiger partial charge is 0.251 e. The molecule has 2 saturated carbocycles. The molecule has 0 saturated heterocycles. The van der Waals surface area contributed by atoms with Crippen LogP contribution in [0.3, 0.4) is 0 Å². The fourth-order valence-electron chi connectivity index (χ4n) is 4.92. The topological polar surface area (TPSA) is 0 Å². The van der Waals surface area contributed by atoms with E-state index >= 15 is 0 Å².